The van der Waals surface area contributed by atoms with Crippen LogP contribution in [0.1, 0.15) is 36.7 Å². The number of rotatable bonds is 7. The number of nitrogens with zero attached hydrogens (tertiary/aromatic N) is 3. The topological polar surface area (TPSA) is 60.0 Å². The number of aliphatic imine (C=N–C) groups is 1. The molecule has 2 rings (SSSR count). The molecule has 0 bridgehead atoms. The molecule has 1 amide bonds. The molecule has 1 aliphatic rings. The summed E-state index contributed by atoms with van der Waals surface area (Å²) < 4.78 is 0.235. The van der Waals surface area contributed by atoms with E-state index in [1.54, 1.807) is 0 Å². The first-order chi connectivity index (χ1) is 13.3. The van der Waals surface area contributed by atoms with E-state index in [2.05, 4.69) is 36.3 Å². The highest BCUT2D eigenvalue weighted by Crippen LogP contribution is 2.29. The molecule has 156 valence electrons. The van der Waals surface area contributed by atoms with Crippen molar-refractivity contribution in [1.82, 2.24) is 20.4 Å². The Morgan fingerprint density at radius 1 is 1.32 bits per heavy atom. The van der Waals surface area contributed by atoms with Gasteiger partial charge in [0.05, 0.1) is 6.54 Å². The summed E-state index contributed by atoms with van der Waals surface area (Å²) in [5, 5.41) is 6.38. The van der Waals surface area contributed by atoms with Gasteiger partial charge in [-0.3, -0.25) is 4.79 Å². The lowest BCUT2D eigenvalue weighted by atomic mass is 10.1. The van der Waals surface area contributed by atoms with E-state index in [0.29, 0.717) is 18.7 Å². The predicted molar refractivity (Wildman–Crippen MR) is 120 cm³/mol. The van der Waals surface area contributed by atoms with Gasteiger partial charge in [-0.15, -0.1) is 0 Å². The van der Waals surface area contributed by atoms with Crippen LogP contribution in [0.4, 0.5) is 0 Å². The number of likely N-dealkylation sites (N-methyl/N-ethyl adjacent to an activating group) is 1. The van der Waals surface area contributed by atoms with Crippen molar-refractivity contribution < 1.29 is 4.79 Å². The van der Waals surface area contributed by atoms with Gasteiger partial charge in [0, 0.05) is 48.8 Å². The Labute approximate surface area is 174 Å². The molecule has 1 saturated heterocycles. The second kappa shape index (κ2) is 10.7. The van der Waals surface area contributed by atoms with E-state index >= 15 is 0 Å². The Bertz CT molecular complexity index is 675. The van der Waals surface area contributed by atoms with Crippen LogP contribution in [0.5, 0.6) is 0 Å². The fourth-order valence-corrected chi connectivity index (χ4v) is 4.21. The molecule has 1 heterocycles. The molecule has 1 fully saturated rings. The molecule has 28 heavy (non-hydrogen) atoms. The number of guanidine groups is 1. The van der Waals surface area contributed by atoms with E-state index in [0.717, 1.165) is 43.5 Å². The number of benzene rings is 1. The maximum absolute atomic E-state index is 12.3. The highest BCUT2D eigenvalue weighted by Gasteiger charge is 2.28. The van der Waals surface area contributed by atoms with Crippen molar-refractivity contribution in [2.45, 2.75) is 32.1 Å². The summed E-state index contributed by atoms with van der Waals surface area (Å²) in [6, 6.07) is 7.75. The number of hydrogen-bond donors (Lipinski definition) is 2. The Morgan fingerprint density at radius 2 is 2.11 bits per heavy atom. The fourth-order valence-electron chi connectivity index (χ4n) is 3.10. The molecule has 1 aromatic carbocycles. The van der Waals surface area contributed by atoms with Gasteiger partial charge in [-0.05, 0) is 52.6 Å². The van der Waals surface area contributed by atoms with Crippen LogP contribution in [0.2, 0.25) is 0 Å². The minimum Gasteiger partial charge on any atom is -0.357 e. The summed E-state index contributed by atoms with van der Waals surface area (Å²) in [6.45, 7) is 11.5. The lowest BCUT2D eigenvalue weighted by Gasteiger charge is -2.39. The van der Waals surface area contributed by atoms with Gasteiger partial charge in [0.25, 0.3) is 5.91 Å². The summed E-state index contributed by atoms with van der Waals surface area (Å²) in [6.07, 6.45) is 0. The molecule has 0 saturated carbocycles. The Balaban J connectivity index is 2.03. The van der Waals surface area contributed by atoms with Gasteiger partial charge >= 0.3 is 0 Å². The molecule has 0 unspecified atom stereocenters. The molecule has 0 spiro atoms. The summed E-state index contributed by atoms with van der Waals surface area (Å²) >= 11 is 2.02. The van der Waals surface area contributed by atoms with Crippen molar-refractivity contribution in [2.75, 3.05) is 52.6 Å². The van der Waals surface area contributed by atoms with Crippen LogP contribution in [0.15, 0.2) is 29.3 Å². The zero-order valence-electron chi connectivity index (χ0n) is 17.9. The number of carbonyl (C=O) groups excluding carboxylic acids is 1. The maximum Gasteiger partial charge on any atom is 0.251 e. The van der Waals surface area contributed by atoms with Crippen LogP contribution in [-0.4, -0.2) is 79.0 Å². The third-order valence-electron chi connectivity index (χ3n) is 4.51. The van der Waals surface area contributed by atoms with Gasteiger partial charge < -0.3 is 20.4 Å². The lowest BCUT2D eigenvalue weighted by Crippen LogP contribution is -2.50. The third kappa shape index (κ3) is 7.36. The van der Waals surface area contributed by atoms with Crippen molar-refractivity contribution in [3.63, 3.8) is 0 Å². The van der Waals surface area contributed by atoms with E-state index in [1.807, 2.05) is 55.0 Å². The van der Waals surface area contributed by atoms with Crippen LogP contribution < -0.4 is 10.6 Å². The second-order valence-corrected chi connectivity index (χ2v) is 9.76. The molecule has 1 aromatic rings. The second-order valence-electron chi connectivity index (χ2n) is 7.96. The van der Waals surface area contributed by atoms with Gasteiger partial charge in [-0.2, -0.15) is 11.8 Å². The van der Waals surface area contributed by atoms with Crippen LogP contribution in [-0.2, 0) is 6.54 Å². The molecule has 7 heteroatoms. The Morgan fingerprint density at radius 3 is 2.79 bits per heavy atom. The van der Waals surface area contributed by atoms with E-state index in [1.165, 1.54) is 0 Å². The third-order valence-corrected chi connectivity index (χ3v) is 5.80. The average Bonchev–Trinajstić information content (AvgIpc) is 2.64. The monoisotopic (exact) mass is 405 g/mol. The Hall–Kier alpha value is -1.73. The molecule has 2 N–H and O–H groups in total. The fraction of sp³-hybridized carbons (Fsp3) is 0.619. The lowest BCUT2D eigenvalue weighted by molar-refractivity contribution is 0.0951. The highest BCUT2D eigenvalue weighted by atomic mass is 32.2. The molecule has 6 nitrogen and oxygen atoms in total. The number of nitrogens with one attached hydrogen (secondary N) is 2. The molecule has 0 radical (unpaired) electrons. The quantitative estimate of drug-likeness (QED) is 0.538. The van der Waals surface area contributed by atoms with E-state index in [4.69, 9.17) is 4.99 Å². The zero-order valence-corrected chi connectivity index (χ0v) is 18.7. The van der Waals surface area contributed by atoms with Crippen LogP contribution >= 0.6 is 11.8 Å². The molecule has 0 atom stereocenters. The minimum atomic E-state index is -0.0330. The van der Waals surface area contributed by atoms with E-state index in [9.17, 15) is 4.79 Å². The van der Waals surface area contributed by atoms with Crippen LogP contribution in [0.3, 0.4) is 0 Å². The summed E-state index contributed by atoms with van der Waals surface area (Å²) in [4.78, 5) is 21.6. The van der Waals surface area contributed by atoms with Crippen molar-refractivity contribution in [3.8, 4) is 0 Å². The number of hydrogen-bond acceptors (Lipinski definition) is 4. The average molecular weight is 406 g/mol. The molecular formula is C21H35N5OS. The van der Waals surface area contributed by atoms with Gasteiger partial charge in [0.15, 0.2) is 5.96 Å². The van der Waals surface area contributed by atoms with Crippen LogP contribution in [0, 0.1) is 0 Å². The maximum atomic E-state index is 12.3. The Kier molecular flexibility index (Phi) is 8.63. The minimum absolute atomic E-state index is 0.0330. The normalized spacial score (nSPS) is 16.9. The smallest absolute Gasteiger partial charge is 0.251 e. The molecule has 0 aliphatic carbocycles. The first-order valence-corrected chi connectivity index (χ1v) is 11.0. The molecular weight excluding hydrogens is 370 g/mol. The van der Waals surface area contributed by atoms with Crippen molar-refractivity contribution in [2.24, 2.45) is 4.99 Å². The number of carbonyl (C=O) groups is 1. The van der Waals surface area contributed by atoms with Gasteiger partial charge in [-0.25, -0.2) is 4.99 Å². The van der Waals surface area contributed by atoms with Crippen LogP contribution in [0.25, 0.3) is 0 Å². The number of amides is 1. The van der Waals surface area contributed by atoms with E-state index < -0.39 is 0 Å². The first-order valence-electron chi connectivity index (χ1n) is 10.00. The van der Waals surface area contributed by atoms with Crippen molar-refractivity contribution in [3.05, 3.63) is 35.4 Å². The van der Waals surface area contributed by atoms with Gasteiger partial charge in [-0.1, -0.05) is 12.1 Å². The van der Waals surface area contributed by atoms with Gasteiger partial charge in [0.1, 0.15) is 0 Å². The van der Waals surface area contributed by atoms with E-state index in [-0.39, 0.29) is 10.7 Å². The summed E-state index contributed by atoms with van der Waals surface area (Å²) in [7, 11) is 3.99. The first kappa shape index (κ1) is 22.6. The van der Waals surface area contributed by atoms with Crippen molar-refractivity contribution >= 4 is 23.6 Å². The van der Waals surface area contributed by atoms with Crippen molar-refractivity contribution in [1.29, 1.82) is 0 Å². The molecule has 1 aliphatic heterocycles. The number of thioether (sulfide) groups is 1. The zero-order chi connectivity index (χ0) is 20.6. The molecule has 0 aromatic heterocycles. The summed E-state index contributed by atoms with van der Waals surface area (Å²) in [5.41, 5.74) is 1.73. The SMILES string of the molecule is CCNC(=NCc1cccc(C(=O)NCCN(C)C)c1)N1CCSC(C)(C)C1. The largest absolute Gasteiger partial charge is 0.357 e. The standard InChI is InChI=1S/C21H35N5OS/c1-6-22-20(26-12-13-28-21(2,3)16-26)24-15-17-8-7-9-18(14-17)19(27)23-10-11-25(4)5/h7-9,14H,6,10-13,15-16H2,1-5H3,(H,22,24)(H,23,27). The van der Waals surface area contributed by atoms with Gasteiger partial charge in [0.2, 0.25) is 0 Å². The summed E-state index contributed by atoms with van der Waals surface area (Å²) in [5.74, 6) is 2.03. The predicted octanol–water partition coefficient (Wildman–Crippen LogP) is 2.27. The highest BCUT2D eigenvalue weighted by molar-refractivity contribution is 8.00.